The van der Waals surface area contributed by atoms with Gasteiger partial charge >= 0.3 is 0 Å². The zero-order valence-electron chi connectivity index (χ0n) is 7.42. The lowest BCUT2D eigenvalue weighted by Crippen LogP contribution is -2.26. The Hall–Kier alpha value is -0.0900. The van der Waals surface area contributed by atoms with Gasteiger partial charge in [0.2, 0.25) is 0 Å². The summed E-state index contributed by atoms with van der Waals surface area (Å²) in [6.45, 7) is 4.47. The highest BCUT2D eigenvalue weighted by Crippen LogP contribution is 2.18. The van der Waals surface area contributed by atoms with Crippen molar-refractivity contribution in [2.24, 2.45) is 11.1 Å². The molecule has 0 aromatic rings. The lowest BCUT2D eigenvalue weighted by Gasteiger charge is -2.21. The van der Waals surface area contributed by atoms with Crippen LogP contribution in [-0.4, -0.2) is 27.0 Å². The number of hydrogen-bond donors (Lipinski definition) is 1. The van der Waals surface area contributed by atoms with Crippen LogP contribution in [0.15, 0.2) is 0 Å². The lowest BCUT2D eigenvalue weighted by molar-refractivity contribution is 0.365. The van der Waals surface area contributed by atoms with Gasteiger partial charge in [-0.25, -0.2) is 8.42 Å². The summed E-state index contributed by atoms with van der Waals surface area (Å²) < 4.78 is 21.5. The predicted octanol–water partition coefficient (Wildman–Crippen LogP) is 0.406. The third-order valence-corrected chi connectivity index (χ3v) is 2.65. The minimum atomic E-state index is -2.82. The van der Waals surface area contributed by atoms with E-state index in [-0.39, 0.29) is 11.2 Å². The molecule has 0 aliphatic rings. The molecule has 0 heterocycles. The van der Waals surface area contributed by atoms with Crippen LogP contribution in [0.1, 0.15) is 20.3 Å². The number of hydrogen-bond acceptors (Lipinski definition) is 3. The van der Waals surface area contributed by atoms with Gasteiger partial charge in [-0.1, -0.05) is 13.8 Å². The highest BCUT2D eigenvalue weighted by Gasteiger charge is 2.17. The Balaban J connectivity index is 3.90. The van der Waals surface area contributed by atoms with Crippen molar-refractivity contribution in [3.05, 3.63) is 0 Å². The summed E-state index contributed by atoms with van der Waals surface area (Å²) in [5.74, 6) is 0.233. The standard InChI is InChI=1S/C7H17NO2S/c1-7(2,6-8)4-5-11(3,9)10/h4-6,8H2,1-3H3. The fourth-order valence-corrected chi connectivity index (χ4v) is 1.49. The fraction of sp³-hybridized carbons (Fsp3) is 1.00. The van der Waals surface area contributed by atoms with E-state index in [0.717, 1.165) is 0 Å². The third-order valence-electron chi connectivity index (χ3n) is 1.70. The summed E-state index contributed by atoms with van der Waals surface area (Å²) in [7, 11) is -2.82. The van der Waals surface area contributed by atoms with Gasteiger partial charge in [0.15, 0.2) is 0 Å². The van der Waals surface area contributed by atoms with Crippen molar-refractivity contribution in [1.82, 2.24) is 0 Å². The molecule has 0 bridgehead atoms. The fourth-order valence-electron chi connectivity index (χ4n) is 0.564. The van der Waals surface area contributed by atoms with Crippen LogP contribution in [0.2, 0.25) is 0 Å². The van der Waals surface area contributed by atoms with E-state index in [1.54, 1.807) is 0 Å². The van der Waals surface area contributed by atoms with Crippen LogP contribution in [0.25, 0.3) is 0 Å². The monoisotopic (exact) mass is 179 g/mol. The van der Waals surface area contributed by atoms with Crippen molar-refractivity contribution >= 4 is 9.84 Å². The Morgan fingerprint density at radius 2 is 1.82 bits per heavy atom. The Labute approximate surface area is 68.9 Å². The number of nitrogens with two attached hydrogens (primary N) is 1. The van der Waals surface area contributed by atoms with Crippen LogP contribution < -0.4 is 5.73 Å². The minimum Gasteiger partial charge on any atom is -0.330 e. The quantitative estimate of drug-likeness (QED) is 0.680. The van der Waals surface area contributed by atoms with Crippen molar-refractivity contribution in [2.75, 3.05) is 18.6 Å². The molecule has 68 valence electrons. The van der Waals surface area contributed by atoms with Crippen molar-refractivity contribution < 1.29 is 8.42 Å². The van der Waals surface area contributed by atoms with E-state index in [1.165, 1.54) is 6.26 Å². The maximum atomic E-state index is 10.8. The predicted molar refractivity (Wildman–Crippen MR) is 47.2 cm³/mol. The molecule has 0 saturated carbocycles. The smallest absolute Gasteiger partial charge is 0.147 e. The molecular formula is C7H17NO2S. The number of sulfone groups is 1. The molecular weight excluding hydrogens is 162 g/mol. The van der Waals surface area contributed by atoms with Gasteiger partial charge in [-0.3, -0.25) is 0 Å². The van der Waals surface area contributed by atoms with Crippen molar-refractivity contribution in [3.8, 4) is 0 Å². The van der Waals surface area contributed by atoms with Crippen molar-refractivity contribution in [3.63, 3.8) is 0 Å². The molecule has 0 amide bonds. The molecule has 0 saturated heterocycles. The second-order valence-corrected chi connectivity index (χ2v) is 6.01. The van der Waals surface area contributed by atoms with Crippen LogP contribution in [0.3, 0.4) is 0 Å². The van der Waals surface area contributed by atoms with E-state index in [9.17, 15) is 8.42 Å². The van der Waals surface area contributed by atoms with E-state index < -0.39 is 9.84 Å². The zero-order valence-corrected chi connectivity index (χ0v) is 8.24. The second-order valence-electron chi connectivity index (χ2n) is 3.75. The summed E-state index contributed by atoms with van der Waals surface area (Å²) in [6.07, 6.45) is 1.89. The van der Waals surface area contributed by atoms with Gasteiger partial charge in [-0.15, -0.1) is 0 Å². The molecule has 0 radical (unpaired) electrons. The molecule has 0 unspecified atom stereocenters. The number of rotatable bonds is 4. The van der Waals surface area contributed by atoms with E-state index >= 15 is 0 Å². The van der Waals surface area contributed by atoms with E-state index in [2.05, 4.69) is 0 Å². The molecule has 0 aromatic carbocycles. The maximum Gasteiger partial charge on any atom is 0.147 e. The van der Waals surface area contributed by atoms with Gasteiger partial charge in [0, 0.05) is 6.26 Å². The Bertz CT molecular complexity index is 206. The Morgan fingerprint density at radius 1 is 1.36 bits per heavy atom. The summed E-state index contributed by atoms with van der Waals surface area (Å²) in [5, 5.41) is 0. The lowest BCUT2D eigenvalue weighted by atomic mass is 9.91. The average Bonchev–Trinajstić information content (AvgIpc) is 1.83. The van der Waals surface area contributed by atoms with Gasteiger partial charge in [0.25, 0.3) is 0 Å². The molecule has 0 spiro atoms. The van der Waals surface area contributed by atoms with Crippen molar-refractivity contribution in [2.45, 2.75) is 20.3 Å². The first-order chi connectivity index (χ1) is 4.77. The maximum absolute atomic E-state index is 10.8. The molecule has 3 nitrogen and oxygen atoms in total. The largest absolute Gasteiger partial charge is 0.330 e. The van der Waals surface area contributed by atoms with Gasteiger partial charge in [-0.05, 0) is 18.4 Å². The van der Waals surface area contributed by atoms with Crippen LogP contribution in [0.5, 0.6) is 0 Å². The normalized spacial score (nSPS) is 13.5. The second kappa shape index (κ2) is 3.54. The first-order valence-electron chi connectivity index (χ1n) is 3.65. The third kappa shape index (κ3) is 6.31. The van der Waals surface area contributed by atoms with Crippen LogP contribution in [-0.2, 0) is 9.84 Å². The first-order valence-corrected chi connectivity index (χ1v) is 5.71. The minimum absolute atomic E-state index is 0.0525. The van der Waals surface area contributed by atoms with Gasteiger partial charge < -0.3 is 5.73 Å². The van der Waals surface area contributed by atoms with Gasteiger partial charge in [0.05, 0.1) is 5.75 Å². The molecule has 0 fully saturated rings. The van der Waals surface area contributed by atoms with Gasteiger partial charge in [-0.2, -0.15) is 0 Å². The zero-order chi connectivity index (χ0) is 9.12. The topological polar surface area (TPSA) is 60.2 Å². The molecule has 0 aliphatic carbocycles. The van der Waals surface area contributed by atoms with Gasteiger partial charge in [0.1, 0.15) is 9.84 Å². The van der Waals surface area contributed by atoms with Crippen molar-refractivity contribution in [1.29, 1.82) is 0 Å². The molecule has 0 atom stereocenters. The first kappa shape index (κ1) is 10.9. The highest BCUT2D eigenvalue weighted by atomic mass is 32.2. The van der Waals surface area contributed by atoms with Crippen LogP contribution in [0.4, 0.5) is 0 Å². The Kier molecular flexibility index (Phi) is 3.51. The molecule has 0 aliphatic heterocycles. The summed E-state index contributed by atoms with van der Waals surface area (Å²) in [5.41, 5.74) is 5.39. The Morgan fingerprint density at radius 3 is 2.09 bits per heavy atom. The molecule has 0 rings (SSSR count). The molecule has 11 heavy (non-hydrogen) atoms. The summed E-state index contributed by atoms with van der Waals surface area (Å²) in [4.78, 5) is 0. The molecule has 2 N–H and O–H groups in total. The van der Waals surface area contributed by atoms with E-state index in [4.69, 9.17) is 5.73 Å². The highest BCUT2D eigenvalue weighted by molar-refractivity contribution is 7.90. The van der Waals surface area contributed by atoms with E-state index in [0.29, 0.717) is 13.0 Å². The SMILES string of the molecule is CC(C)(CN)CCS(C)(=O)=O. The van der Waals surface area contributed by atoms with E-state index in [1.807, 2.05) is 13.8 Å². The van der Waals surface area contributed by atoms with Crippen LogP contribution in [0, 0.1) is 5.41 Å². The average molecular weight is 179 g/mol. The molecule has 4 heteroatoms. The molecule has 0 aromatic heterocycles. The summed E-state index contributed by atoms with van der Waals surface area (Å²) >= 11 is 0. The van der Waals surface area contributed by atoms with Crippen LogP contribution >= 0.6 is 0 Å². The summed E-state index contributed by atoms with van der Waals surface area (Å²) in [6, 6.07) is 0.